The fourth-order valence-electron chi connectivity index (χ4n) is 1.14. The Balaban J connectivity index is 2.03. The zero-order chi connectivity index (χ0) is 13.0. The Morgan fingerprint density at radius 1 is 1.44 bits per heavy atom. The van der Waals surface area contributed by atoms with E-state index in [9.17, 15) is 9.59 Å². The summed E-state index contributed by atoms with van der Waals surface area (Å²) in [7, 11) is 0. The molecule has 1 amide bonds. The molecule has 2 aromatic rings. The fraction of sp³-hybridized carbons (Fsp3) is 0. The lowest BCUT2D eigenvalue weighted by atomic mass is 10.3. The quantitative estimate of drug-likeness (QED) is 0.843. The van der Waals surface area contributed by atoms with Crippen molar-refractivity contribution in [3.63, 3.8) is 0 Å². The number of carboxylic acid groups (broad SMARTS) is 1. The Morgan fingerprint density at radius 3 is 2.94 bits per heavy atom. The molecule has 5 nitrogen and oxygen atoms in total. The van der Waals surface area contributed by atoms with Gasteiger partial charge in [0.25, 0.3) is 5.91 Å². The largest absolute Gasteiger partial charge is 0.478 e. The molecule has 0 bridgehead atoms. The van der Waals surface area contributed by atoms with Gasteiger partial charge in [0, 0.05) is 22.5 Å². The van der Waals surface area contributed by atoms with Crippen molar-refractivity contribution in [3.8, 4) is 0 Å². The third-order valence-electron chi connectivity index (χ3n) is 1.92. The normalized spacial score (nSPS) is 10.7. The predicted octanol–water partition coefficient (Wildman–Crippen LogP) is 2.55. The first-order valence-electron chi connectivity index (χ1n) is 4.85. The van der Waals surface area contributed by atoms with Gasteiger partial charge in [-0.25, -0.2) is 9.78 Å². The lowest BCUT2D eigenvalue weighted by Gasteiger charge is -1.97. The molecule has 0 aliphatic heterocycles. The van der Waals surface area contributed by atoms with E-state index in [0.717, 1.165) is 6.08 Å². The molecule has 0 saturated carbocycles. The number of anilines is 1. The van der Waals surface area contributed by atoms with Crippen LogP contribution in [0, 0.1) is 0 Å². The Kier molecular flexibility index (Phi) is 3.85. The Labute approximate surface area is 110 Å². The number of aliphatic carboxylic acids is 1. The van der Waals surface area contributed by atoms with Crippen LogP contribution in [0.25, 0.3) is 6.08 Å². The first-order valence-corrected chi connectivity index (χ1v) is 6.61. The van der Waals surface area contributed by atoms with Gasteiger partial charge in [0.15, 0.2) is 5.13 Å². The topological polar surface area (TPSA) is 79.3 Å². The molecule has 0 aliphatic carbocycles. The van der Waals surface area contributed by atoms with Gasteiger partial charge in [0.1, 0.15) is 0 Å². The van der Waals surface area contributed by atoms with Crippen LogP contribution in [0.4, 0.5) is 5.13 Å². The molecule has 2 heterocycles. The molecule has 0 unspecified atom stereocenters. The van der Waals surface area contributed by atoms with Crippen LogP contribution in [-0.4, -0.2) is 22.0 Å². The summed E-state index contributed by atoms with van der Waals surface area (Å²) in [6.45, 7) is 0. The Hall–Kier alpha value is -1.99. The van der Waals surface area contributed by atoms with Gasteiger partial charge < -0.3 is 5.11 Å². The van der Waals surface area contributed by atoms with Gasteiger partial charge in [-0.15, -0.1) is 0 Å². The van der Waals surface area contributed by atoms with Gasteiger partial charge in [-0.1, -0.05) is 11.3 Å². The molecule has 0 atom stereocenters. The molecule has 0 aromatic carbocycles. The van der Waals surface area contributed by atoms with E-state index in [4.69, 9.17) is 5.11 Å². The first kappa shape index (κ1) is 12.5. The summed E-state index contributed by atoms with van der Waals surface area (Å²) < 4.78 is 0. The highest BCUT2D eigenvalue weighted by Gasteiger charge is 2.08. The number of carboxylic acids is 1. The number of hydrogen-bond acceptors (Lipinski definition) is 5. The Bertz CT molecular complexity index is 587. The number of carbonyl (C=O) groups excluding carboxylic acids is 1. The fourth-order valence-corrected chi connectivity index (χ4v) is 2.49. The van der Waals surface area contributed by atoms with Gasteiger partial charge in [-0.2, -0.15) is 11.3 Å². The zero-order valence-electron chi connectivity index (χ0n) is 8.99. The number of hydrogen-bond donors (Lipinski definition) is 2. The number of rotatable bonds is 4. The van der Waals surface area contributed by atoms with Crippen LogP contribution in [0.15, 0.2) is 29.1 Å². The average molecular weight is 280 g/mol. The Morgan fingerprint density at radius 2 is 2.28 bits per heavy atom. The summed E-state index contributed by atoms with van der Waals surface area (Å²) in [6.07, 6.45) is 3.96. The third-order valence-corrected chi connectivity index (χ3v) is 3.48. The van der Waals surface area contributed by atoms with Crippen molar-refractivity contribution in [1.82, 2.24) is 4.98 Å². The molecular weight excluding hydrogens is 272 g/mol. The van der Waals surface area contributed by atoms with E-state index in [-0.39, 0.29) is 5.91 Å². The number of amides is 1. The molecule has 2 N–H and O–H groups in total. The second-order valence-corrected chi connectivity index (χ2v) is 5.05. The van der Waals surface area contributed by atoms with E-state index in [1.165, 1.54) is 34.9 Å². The highest BCUT2D eigenvalue weighted by molar-refractivity contribution is 7.16. The molecule has 0 aliphatic rings. The smallest absolute Gasteiger partial charge is 0.328 e. The number of nitrogens with one attached hydrogen (secondary N) is 1. The maximum atomic E-state index is 11.7. The lowest BCUT2D eigenvalue weighted by Crippen LogP contribution is -2.10. The van der Waals surface area contributed by atoms with Gasteiger partial charge in [-0.3, -0.25) is 10.1 Å². The molecular formula is C11H8N2O3S2. The molecule has 18 heavy (non-hydrogen) atoms. The monoisotopic (exact) mass is 280 g/mol. The van der Waals surface area contributed by atoms with E-state index in [1.54, 1.807) is 11.4 Å². The summed E-state index contributed by atoms with van der Waals surface area (Å²) >= 11 is 2.65. The van der Waals surface area contributed by atoms with Crippen molar-refractivity contribution in [2.24, 2.45) is 0 Å². The maximum Gasteiger partial charge on any atom is 0.328 e. The number of thiophene rings is 1. The second-order valence-electron chi connectivity index (χ2n) is 3.21. The SMILES string of the molecule is O=C(O)/C=C/c1cnc(NC(=O)c2ccsc2)s1. The minimum atomic E-state index is -1.02. The van der Waals surface area contributed by atoms with E-state index in [0.29, 0.717) is 15.6 Å². The van der Waals surface area contributed by atoms with Crippen LogP contribution in [0.3, 0.4) is 0 Å². The van der Waals surface area contributed by atoms with E-state index in [1.807, 2.05) is 5.38 Å². The van der Waals surface area contributed by atoms with Crippen molar-refractivity contribution in [1.29, 1.82) is 0 Å². The molecule has 0 spiro atoms. The first-order chi connectivity index (χ1) is 8.65. The van der Waals surface area contributed by atoms with Gasteiger partial charge in [0.2, 0.25) is 0 Å². The molecule has 92 valence electrons. The van der Waals surface area contributed by atoms with Gasteiger partial charge in [-0.05, 0) is 17.5 Å². The second kappa shape index (κ2) is 5.56. The number of nitrogens with zero attached hydrogens (tertiary/aromatic N) is 1. The summed E-state index contributed by atoms with van der Waals surface area (Å²) in [6, 6.07) is 1.72. The number of aromatic nitrogens is 1. The molecule has 0 fully saturated rings. The molecule has 0 radical (unpaired) electrons. The molecule has 0 saturated heterocycles. The van der Waals surface area contributed by atoms with Crippen molar-refractivity contribution < 1.29 is 14.7 Å². The van der Waals surface area contributed by atoms with Crippen LogP contribution in [0.5, 0.6) is 0 Å². The van der Waals surface area contributed by atoms with Crippen molar-refractivity contribution in [3.05, 3.63) is 39.5 Å². The summed E-state index contributed by atoms with van der Waals surface area (Å²) in [5, 5.41) is 15.1. The summed E-state index contributed by atoms with van der Waals surface area (Å²) in [4.78, 5) is 26.7. The highest BCUT2D eigenvalue weighted by Crippen LogP contribution is 2.20. The average Bonchev–Trinajstić information content (AvgIpc) is 2.97. The van der Waals surface area contributed by atoms with Crippen LogP contribution in [-0.2, 0) is 4.79 Å². The summed E-state index contributed by atoms with van der Waals surface area (Å²) in [5.41, 5.74) is 0.581. The summed E-state index contributed by atoms with van der Waals surface area (Å²) in [5.74, 6) is -1.24. The van der Waals surface area contributed by atoms with Crippen LogP contribution in [0.1, 0.15) is 15.2 Å². The lowest BCUT2D eigenvalue weighted by molar-refractivity contribution is -0.131. The zero-order valence-corrected chi connectivity index (χ0v) is 10.6. The minimum Gasteiger partial charge on any atom is -0.478 e. The highest BCUT2D eigenvalue weighted by atomic mass is 32.1. The van der Waals surface area contributed by atoms with E-state index in [2.05, 4.69) is 10.3 Å². The van der Waals surface area contributed by atoms with E-state index >= 15 is 0 Å². The third kappa shape index (κ3) is 3.25. The van der Waals surface area contributed by atoms with Crippen LogP contribution in [0.2, 0.25) is 0 Å². The van der Waals surface area contributed by atoms with Crippen LogP contribution < -0.4 is 5.32 Å². The standard InChI is InChI=1S/C11H8N2O3S2/c14-9(15)2-1-8-5-12-11(18-8)13-10(16)7-3-4-17-6-7/h1-6H,(H,14,15)(H,12,13,16)/b2-1+. The number of thiazole rings is 1. The van der Waals surface area contributed by atoms with E-state index < -0.39 is 5.97 Å². The maximum absolute atomic E-state index is 11.7. The van der Waals surface area contributed by atoms with Gasteiger partial charge >= 0.3 is 5.97 Å². The molecule has 2 rings (SSSR count). The van der Waals surface area contributed by atoms with Gasteiger partial charge in [0.05, 0.1) is 5.56 Å². The minimum absolute atomic E-state index is 0.223. The van der Waals surface area contributed by atoms with Crippen molar-refractivity contribution >= 4 is 45.8 Å². The predicted molar refractivity (Wildman–Crippen MR) is 71.1 cm³/mol. The van der Waals surface area contributed by atoms with Crippen molar-refractivity contribution in [2.45, 2.75) is 0 Å². The van der Waals surface area contributed by atoms with Crippen molar-refractivity contribution in [2.75, 3.05) is 5.32 Å². The molecule has 2 aromatic heterocycles. The van der Waals surface area contributed by atoms with Crippen LogP contribution >= 0.6 is 22.7 Å². The molecule has 7 heteroatoms. The number of carbonyl (C=O) groups is 2.